The Morgan fingerprint density at radius 2 is 2.44 bits per heavy atom. The maximum absolute atomic E-state index is 6.91. The second-order valence-corrected chi connectivity index (χ2v) is 1.50. The van der Waals surface area contributed by atoms with Crippen molar-refractivity contribution in [2.24, 2.45) is 10.7 Å². The summed E-state index contributed by atoms with van der Waals surface area (Å²) in [6.07, 6.45) is 4.93. The number of nitrogens with zero attached hydrogens (tertiary/aromatic N) is 1. The number of dihydropyridines is 1. The molecule has 0 saturated carbocycles. The van der Waals surface area contributed by atoms with Gasteiger partial charge in [-0.15, -0.1) is 0 Å². The molecule has 0 unspecified atom stereocenters. The number of amidine groups is 2. The van der Waals surface area contributed by atoms with E-state index < -0.39 is 0 Å². The van der Waals surface area contributed by atoms with E-state index in [1.165, 1.54) is 0 Å². The van der Waals surface area contributed by atoms with E-state index in [1.807, 2.05) is 0 Å². The van der Waals surface area contributed by atoms with Crippen molar-refractivity contribution in [3.8, 4) is 0 Å². The summed E-state index contributed by atoms with van der Waals surface area (Å²) in [7, 11) is 0. The molecule has 1 aliphatic heterocycles. The Bertz CT molecular complexity index is 171. The quantitative estimate of drug-likeness (QED) is 0.493. The Hall–Kier alpha value is -0.614. The van der Waals surface area contributed by atoms with Gasteiger partial charge in [-0.25, -0.2) is 0 Å². The monoisotopic (exact) mass is 167 g/mol. The minimum absolute atomic E-state index is 0. The zero-order valence-electron chi connectivity index (χ0n) is 4.64. The molecular weight excluding hydrogens is 161 g/mol. The first kappa shape index (κ1) is 8.39. The number of nitrogens with two attached hydrogens (primary N) is 1. The maximum atomic E-state index is 6.91. The summed E-state index contributed by atoms with van der Waals surface area (Å²) in [4.78, 5) is 3.62. The molecule has 0 amide bonds. The van der Waals surface area contributed by atoms with Crippen molar-refractivity contribution in [1.82, 2.24) is 0 Å². The van der Waals surface area contributed by atoms with Crippen LogP contribution in [0.25, 0.3) is 0 Å². The van der Waals surface area contributed by atoms with Crippen LogP contribution < -0.4 is 5.73 Å². The van der Waals surface area contributed by atoms with Gasteiger partial charge in [0.1, 0.15) is 0 Å². The molecule has 0 atom stereocenters. The predicted molar refractivity (Wildman–Crippen MR) is 31.8 cm³/mol. The molecule has 1 aliphatic rings. The van der Waals surface area contributed by atoms with Crippen LogP contribution in [0.15, 0.2) is 11.1 Å². The topological polar surface area (TPSA) is 62.2 Å². The molecule has 0 aromatic heterocycles. The average Bonchev–Trinajstić information content (AvgIpc) is 1.64. The Morgan fingerprint density at radius 1 is 1.78 bits per heavy atom. The van der Waals surface area contributed by atoms with E-state index in [0.717, 1.165) is 0 Å². The Balaban J connectivity index is 0.000000640. The molecule has 1 heterocycles. The minimum atomic E-state index is 0. The zero-order valence-corrected chi connectivity index (χ0v) is 5.68. The van der Waals surface area contributed by atoms with Gasteiger partial charge in [0, 0.05) is 16.8 Å². The van der Waals surface area contributed by atoms with Crippen LogP contribution in [0.4, 0.5) is 0 Å². The average molecular weight is 167 g/mol. The molecule has 0 bridgehead atoms. The van der Waals surface area contributed by atoms with Crippen molar-refractivity contribution in [1.29, 1.82) is 5.41 Å². The number of hydrogen-bond acceptors (Lipinski definition) is 2. The van der Waals surface area contributed by atoms with Gasteiger partial charge in [0.25, 0.3) is 0 Å². The fourth-order valence-electron chi connectivity index (χ4n) is 0.474. The summed E-state index contributed by atoms with van der Waals surface area (Å²) < 4.78 is 0. The molecular formula is C5H6CoN3-. The first-order valence-corrected chi connectivity index (χ1v) is 2.29. The van der Waals surface area contributed by atoms with E-state index in [2.05, 4.69) is 11.1 Å². The molecule has 0 spiro atoms. The number of rotatable bonds is 0. The van der Waals surface area contributed by atoms with Gasteiger partial charge in [-0.2, -0.15) is 0 Å². The van der Waals surface area contributed by atoms with Gasteiger partial charge in [-0.05, 0) is 12.3 Å². The molecule has 0 aromatic rings. The van der Waals surface area contributed by atoms with Gasteiger partial charge in [0.15, 0.2) is 0 Å². The van der Waals surface area contributed by atoms with Crippen molar-refractivity contribution >= 4 is 11.7 Å². The normalized spacial score (nSPS) is 16.4. The molecule has 51 valence electrons. The summed E-state index contributed by atoms with van der Waals surface area (Å²) in [6, 6.07) is 0. The van der Waals surface area contributed by atoms with E-state index in [-0.39, 0.29) is 22.6 Å². The molecule has 0 aliphatic carbocycles. The molecule has 0 fully saturated rings. The SMILES string of the molecule is N=C1[C-]=CCC(N)=N1.[Co]. The van der Waals surface area contributed by atoms with Crippen molar-refractivity contribution in [3.63, 3.8) is 0 Å². The Kier molecular flexibility index (Phi) is 3.19. The minimum Gasteiger partial charge on any atom is -0.430 e. The molecule has 1 radical (unpaired) electrons. The van der Waals surface area contributed by atoms with E-state index in [9.17, 15) is 0 Å². The van der Waals surface area contributed by atoms with Gasteiger partial charge in [0.05, 0.1) is 5.84 Å². The largest absolute Gasteiger partial charge is 0.430 e. The number of hydrogen-bond donors (Lipinski definition) is 2. The van der Waals surface area contributed by atoms with Crippen LogP contribution in [0, 0.1) is 11.5 Å². The first-order valence-electron chi connectivity index (χ1n) is 2.29. The Labute approximate surface area is 63.7 Å². The van der Waals surface area contributed by atoms with Crippen LogP contribution in [0.1, 0.15) is 6.42 Å². The third kappa shape index (κ3) is 2.43. The van der Waals surface area contributed by atoms with Crippen molar-refractivity contribution in [2.75, 3.05) is 0 Å². The fourth-order valence-corrected chi connectivity index (χ4v) is 0.474. The summed E-state index contributed by atoms with van der Waals surface area (Å²) in [5, 5.41) is 6.91. The van der Waals surface area contributed by atoms with E-state index >= 15 is 0 Å². The number of aliphatic imine (C=N–C) groups is 1. The van der Waals surface area contributed by atoms with Crippen molar-refractivity contribution in [3.05, 3.63) is 12.2 Å². The van der Waals surface area contributed by atoms with Crippen LogP contribution in [0.2, 0.25) is 0 Å². The van der Waals surface area contributed by atoms with Gasteiger partial charge in [-0.1, -0.05) is 0 Å². The molecule has 9 heavy (non-hydrogen) atoms. The smallest absolute Gasteiger partial charge is 0.0988 e. The summed E-state index contributed by atoms with van der Waals surface area (Å²) in [5.41, 5.74) is 5.26. The first-order chi connectivity index (χ1) is 3.79. The van der Waals surface area contributed by atoms with E-state index in [0.29, 0.717) is 12.3 Å². The summed E-state index contributed by atoms with van der Waals surface area (Å²) in [5.74, 6) is 0.613. The van der Waals surface area contributed by atoms with Crippen LogP contribution in [0.5, 0.6) is 0 Å². The zero-order chi connectivity index (χ0) is 5.98. The second-order valence-electron chi connectivity index (χ2n) is 1.50. The maximum Gasteiger partial charge on any atom is 0.0988 e. The van der Waals surface area contributed by atoms with Crippen molar-refractivity contribution in [2.45, 2.75) is 6.42 Å². The van der Waals surface area contributed by atoms with Crippen LogP contribution in [0.3, 0.4) is 0 Å². The van der Waals surface area contributed by atoms with Gasteiger partial charge < -0.3 is 17.2 Å². The molecule has 3 N–H and O–H groups in total. The molecule has 4 heteroatoms. The van der Waals surface area contributed by atoms with Crippen LogP contribution in [-0.4, -0.2) is 11.7 Å². The van der Waals surface area contributed by atoms with Crippen LogP contribution >= 0.6 is 0 Å². The molecule has 3 nitrogen and oxygen atoms in total. The fraction of sp³-hybridized carbons (Fsp3) is 0.200. The Morgan fingerprint density at radius 3 is 2.78 bits per heavy atom. The van der Waals surface area contributed by atoms with Gasteiger partial charge in [-0.3, -0.25) is 11.1 Å². The molecule has 0 aromatic carbocycles. The third-order valence-electron chi connectivity index (χ3n) is 0.805. The second kappa shape index (κ2) is 3.42. The third-order valence-corrected chi connectivity index (χ3v) is 0.805. The van der Waals surface area contributed by atoms with Crippen LogP contribution in [-0.2, 0) is 16.8 Å². The standard InChI is InChI=1S/C5H6N3.Co/c6-4-2-1-3-5(7)8-4;/h1H,2H2,(H3,6,7,8);/q-1;. The van der Waals surface area contributed by atoms with E-state index in [1.54, 1.807) is 6.08 Å². The van der Waals surface area contributed by atoms with Gasteiger partial charge >= 0.3 is 0 Å². The van der Waals surface area contributed by atoms with Gasteiger partial charge in [0.2, 0.25) is 0 Å². The molecule has 1 rings (SSSR count). The molecule has 0 saturated heterocycles. The number of nitrogens with one attached hydrogen (secondary N) is 1. The van der Waals surface area contributed by atoms with Crippen molar-refractivity contribution < 1.29 is 16.8 Å². The predicted octanol–water partition coefficient (Wildman–Crippen LogP) is 0.0815. The summed E-state index contributed by atoms with van der Waals surface area (Å²) >= 11 is 0. The summed E-state index contributed by atoms with van der Waals surface area (Å²) in [6.45, 7) is 0. The van der Waals surface area contributed by atoms with E-state index in [4.69, 9.17) is 11.1 Å².